The molecule has 3 heterocycles. The van der Waals surface area contributed by atoms with Crippen molar-refractivity contribution in [1.82, 2.24) is 20.2 Å². The van der Waals surface area contributed by atoms with E-state index in [-0.39, 0.29) is 0 Å². The molecule has 112 valence electrons. The van der Waals surface area contributed by atoms with Crippen LogP contribution in [0.15, 0.2) is 24.5 Å². The van der Waals surface area contributed by atoms with E-state index in [1.54, 1.807) is 19.4 Å². The summed E-state index contributed by atoms with van der Waals surface area (Å²) in [5, 5.41) is 11.2. The van der Waals surface area contributed by atoms with Crippen molar-refractivity contribution in [3.05, 3.63) is 24.5 Å². The molecule has 22 heavy (non-hydrogen) atoms. The normalized spacial score (nSPS) is 10.5. The first kappa shape index (κ1) is 13.8. The first-order valence-corrected chi connectivity index (χ1v) is 6.40. The van der Waals surface area contributed by atoms with Crippen molar-refractivity contribution < 1.29 is 14.3 Å². The predicted molar refractivity (Wildman–Crippen MR) is 79.9 cm³/mol. The molecule has 0 aliphatic rings. The van der Waals surface area contributed by atoms with E-state index in [4.69, 9.17) is 9.47 Å². The number of amides is 1. The fourth-order valence-electron chi connectivity index (χ4n) is 2.25. The van der Waals surface area contributed by atoms with Crippen LogP contribution in [0.5, 0.6) is 11.6 Å². The molecule has 0 atom stereocenters. The summed E-state index contributed by atoms with van der Waals surface area (Å²) in [4.78, 5) is 17.9. The number of anilines is 1. The van der Waals surface area contributed by atoms with Crippen molar-refractivity contribution >= 4 is 23.3 Å². The summed E-state index contributed by atoms with van der Waals surface area (Å²) < 4.78 is 10.6. The number of ether oxygens (including phenoxy) is 2. The fraction of sp³-hybridized carbons (Fsp3) is 0.143. The standard InChI is InChI=1S/C14H13N5O3/c1-21-10-6-17-19-14(22-2)12(10)9-5-15-13-8(9)3-4-11(18-13)16-7-20/h3-7H,1-2H3,(H2,15,16,18,20). The predicted octanol–water partition coefficient (Wildman–Crippen LogP) is 1.61. The van der Waals surface area contributed by atoms with E-state index in [1.165, 1.54) is 13.3 Å². The molecule has 0 aliphatic carbocycles. The SMILES string of the molecule is COc1cnnc(OC)c1-c1c[nH]c2nc(NC=O)ccc12. The van der Waals surface area contributed by atoms with Gasteiger partial charge in [0.05, 0.1) is 26.0 Å². The molecule has 3 aromatic heterocycles. The second kappa shape index (κ2) is 5.68. The minimum atomic E-state index is 0.357. The number of nitrogens with one attached hydrogen (secondary N) is 2. The van der Waals surface area contributed by atoms with Gasteiger partial charge < -0.3 is 19.8 Å². The smallest absolute Gasteiger partial charge is 0.244 e. The molecule has 2 N–H and O–H groups in total. The Hall–Kier alpha value is -3.16. The second-order valence-corrected chi connectivity index (χ2v) is 4.35. The topological polar surface area (TPSA) is 102 Å². The number of hydrogen-bond donors (Lipinski definition) is 2. The molecule has 0 spiro atoms. The minimum absolute atomic E-state index is 0.357. The Kier molecular flexibility index (Phi) is 3.57. The van der Waals surface area contributed by atoms with Crippen molar-refractivity contribution in [2.45, 2.75) is 0 Å². The third-order valence-corrected chi connectivity index (χ3v) is 3.21. The lowest BCUT2D eigenvalue weighted by Crippen LogP contribution is -1.98. The molecule has 0 saturated heterocycles. The zero-order valence-corrected chi connectivity index (χ0v) is 12.0. The third kappa shape index (κ3) is 2.20. The largest absolute Gasteiger partial charge is 0.494 e. The number of aromatic nitrogens is 4. The summed E-state index contributed by atoms with van der Waals surface area (Å²) in [5.74, 6) is 1.36. The number of carbonyl (C=O) groups excluding carboxylic acids is 1. The lowest BCUT2D eigenvalue weighted by Gasteiger charge is -2.10. The van der Waals surface area contributed by atoms with Crippen LogP contribution in [0.2, 0.25) is 0 Å². The summed E-state index contributed by atoms with van der Waals surface area (Å²) in [7, 11) is 3.07. The van der Waals surface area contributed by atoms with Gasteiger partial charge in [-0.05, 0) is 12.1 Å². The van der Waals surface area contributed by atoms with Crippen molar-refractivity contribution in [1.29, 1.82) is 0 Å². The maximum Gasteiger partial charge on any atom is 0.244 e. The molecule has 0 aromatic carbocycles. The van der Waals surface area contributed by atoms with E-state index in [1.807, 2.05) is 6.07 Å². The second-order valence-electron chi connectivity index (χ2n) is 4.35. The summed E-state index contributed by atoms with van der Waals surface area (Å²) >= 11 is 0. The Labute approximate surface area is 125 Å². The van der Waals surface area contributed by atoms with Crippen molar-refractivity contribution in [3.63, 3.8) is 0 Å². The van der Waals surface area contributed by atoms with Gasteiger partial charge in [0.25, 0.3) is 0 Å². The van der Waals surface area contributed by atoms with Crippen molar-refractivity contribution in [3.8, 4) is 22.8 Å². The van der Waals surface area contributed by atoms with Gasteiger partial charge in [0.15, 0.2) is 5.75 Å². The van der Waals surface area contributed by atoms with Gasteiger partial charge in [-0.2, -0.15) is 5.10 Å². The first-order valence-electron chi connectivity index (χ1n) is 6.40. The number of H-pyrrole nitrogens is 1. The highest BCUT2D eigenvalue weighted by Gasteiger charge is 2.18. The van der Waals surface area contributed by atoms with E-state index >= 15 is 0 Å². The molecule has 8 heteroatoms. The molecule has 0 bridgehead atoms. The van der Waals surface area contributed by atoms with Gasteiger partial charge in [-0.3, -0.25) is 4.79 Å². The minimum Gasteiger partial charge on any atom is -0.494 e. The van der Waals surface area contributed by atoms with Gasteiger partial charge >= 0.3 is 0 Å². The van der Waals surface area contributed by atoms with Gasteiger partial charge in [0.1, 0.15) is 11.5 Å². The first-order chi connectivity index (χ1) is 10.8. The van der Waals surface area contributed by atoms with Gasteiger partial charge in [-0.25, -0.2) is 4.98 Å². The summed E-state index contributed by atoms with van der Waals surface area (Å²) in [6.45, 7) is 0. The molecule has 8 nitrogen and oxygen atoms in total. The number of pyridine rings is 1. The Bertz CT molecular complexity index is 808. The highest BCUT2D eigenvalue weighted by atomic mass is 16.5. The zero-order valence-electron chi connectivity index (χ0n) is 12.0. The molecule has 0 radical (unpaired) electrons. The van der Waals surface area contributed by atoms with Crippen LogP contribution in [-0.2, 0) is 4.79 Å². The summed E-state index contributed by atoms with van der Waals surface area (Å²) in [6.07, 6.45) is 3.88. The van der Waals surface area contributed by atoms with Gasteiger partial charge in [0, 0.05) is 17.1 Å². The van der Waals surface area contributed by atoms with Crippen LogP contribution in [0.1, 0.15) is 0 Å². The molecular formula is C14H13N5O3. The summed E-state index contributed by atoms with van der Waals surface area (Å²) in [6, 6.07) is 3.56. The Morgan fingerprint density at radius 3 is 2.86 bits per heavy atom. The maximum atomic E-state index is 10.5. The Morgan fingerprint density at radius 1 is 1.27 bits per heavy atom. The number of fused-ring (bicyclic) bond motifs is 1. The van der Waals surface area contributed by atoms with E-state index in [0.29, 0.717) is 35.1 Å². The van der Waals surface area contributed by atoms with Crippen LogP contribution in [0, 0.1) is 0 Å². The average Bonchev–Trinajstić information content (AvgIpc) is 2.97. The lowest BCUT2D eigenvalue weighted by molar-refractivity contribution is -0.105. The number of rotatable bonds is 5. The Balaban J connectivity index is 2.21. The van der Waals surface area contributed by atoms with Crippen LogP contribution in [0.4, 0.5) is 5.82 Å². The maximum absolute atomic E-state index is 10.5. The van der Waals surface area contributed by atoms with E-state index in [9.17, 15) is 4.79 Å². The molecule has 3 aromatic rings. The van der Waals surface area contributed by atoms with Crippen LogP contribution in [0.3, 0.4) is 0 Å². The quantitative estimate of drug-likeness (QED) is 0.694. The average molecular weight is 299 g/mol. The molecular weight excluding hydrogens is 286 g/mol. The fourth-order valence-corrected chi connectivity index (χ4v) is 2.25. The van der Waals surface area contributed by atoms with Crippen LogP contribution >= 0.6 is 0 Å². The lowest BCUT2D eigenvalue weighted by atomic mass is 10.1. The molecule has 1 amide bonds. The van der Waals surface area contributed by atoms with Crippen LogP contribution in [-0.4, -0.2) is 40.8 Å². The highest BCUT2D eigenvalue weighted by molar-refractivity contribution is 5.97. The van der Waals surface area contributed by atoms with Crippen molar-refractivity contribution in [2.24, 2.45) is 0 Å². The molecule has 0 fully saturated rings. The number of hydrogen-bond acceptors (Lipinski definition) is 6. The van der Waals surface area contributed by atoms with Gasteiger partial charge in [-0.15, -0.1) is 5.10 Å². The van der Waals surface area contributed by atoms with Crippen LogP contribution in [0.25, 0.3) is 22.2 Å². The monoisotopic (exact) mass is 299 g/mol. The number of nitrogens with zero attached hydrogens (tertiary/aromatic N) is 3. The highest BCUT2D eigenvalue weighted by Crippen LogP contribution is 2.39. The van der Waals surface area contributed by atoms with E-state index < -0.39 is 0 Å². The van der Waals surface area contributed by atoms with Gasteiger partial charge in [-0.1, -0.05) is 0 Å². The molecule has 3 rings (SSSR count). The third-order valence-electron chi connectivity index (χ3n) is 3.21. The van der Waals surface area contributed by atoms with Gasteiger partial charge in [0.2, 0.25) is 12.3 Å². The molecule has 0 aliphatic heterocycles. The van der Waals surface area contributed by atoms with Crippen molar-refractivity contribution in [2.75, 3.05) is 19.5 Å². The number of methoxy groups -OCH3 is 2. The summed E-state index contributed by atoms with van der Waals surface area (Å²) in [5.41, 5.74) is 2.13. The molecule has 0 unspecified atom stereocenters. The molecule has 0 saturated carbocycles. The Morgan fingerprint density at radius 2 is 2.14 bits per heavy atom. The van der Waals surface area contributed by atoms with E-state index in [0.717, 1.165) is 10.9 Å². The zero-order chi connectivity index (χ0) is 15.5. The number of aromatic amines is 1. The van der Waals surface area contributed by atoms with E-state index in [2.05, 4.69) is 25.5 Å². The number of carbonyl (C=O) groups is 1. The van der Waals surface area contributed by atoms with Crippen LogP contribution < -0.4 is 14.8 Å².